The third-order valence-electron chi connectivity index (χ3n) is 3.30. The minimum atomic E-state index is -0.330. The van der Waals surface area contributed by atoms with Crippen molar-refractivity contribution in [2.75, 3.05) is 31.1 Å². The van der Waals surface area contributed by atoms with E-state index in [9.17, 15) is 4.79 Å². The summed E-state index contributed by atoms with van der Waals surface area (Å²) in [5.74, 6) is 0.618. The lowest BCUT2D eigenvalue weighted by Crippen LogP contribution is -2.56. The van der Waals surface area contributed by atoms with Crippen LogP contribution in [0.15, 0.2) is 17.8 Å². The van der Waals surface area contributed by atoms with E-state index in [2.05, 4.69) is 15.3 Å². The predicted molar refractivity (Wildman–Crippen MR) is 78.1 cm³/mol. The molecule has 2 aromatic heterocycles. The number of ether oxygens (including phenoxy) is 1. The third kappa shape index (κ3) is 2.34. The van der Waals surface area contributed by atoms with Crippen molar-refractivity contribution < 1.29 is 9.53 Å². The van der Waals surface area contributed by atoms with Crippen LogP contribution in [0.3, 0.4) is 0 Å². The van der Waals surface area contributed by atoms with E-state index >= 15 is 0 Å². The van der Waals surface area contributed by atoms with Crippen LogP contribution in [0.5, 0.6) is 0 Å². The summed E-state index contributed by atoms with van der Waals surface area (Å²) in [6.45, 7) is 4.35. The lowest BCUT2D eigenvalue weighted by molar-refractivity contribution is -0.144. The SMILES string of the molecule is CCOC(=O)C1CNCCN1c1ncnc2ccsc12. The van der Waals surface area contributed by atoms with E-state index in [0.717, 1.165) is 29.1 Å². The summed E-state index contributed by atoms with van der Waals surface area (Å²) in [6, 6.07) is 1.64. The first-order chi connectivity index (χ1) is 9.81. The Hall–Kier alpha value is -1.73. The number of carbonyl (C=O) groups is 1. The van der Waals surface area contributed by atoms with Gasteiger partial charge in [0, 0.05) is 19.6 Å². The van der Waals surface area contributed by atoms with Gasteiger partial charge in [-0.25, -0.2) is 14.8 Å². The Kier molecular flexibility index (Phi) is 3.79. The van der Waals surface area contributed by atoms with E-state index in [4.69, 9.17) is 4.74 Å². The lowest BCUT2D eigenvalue weighted by atomic mass is 10.2. The number of nitrogens with zero attached hydrogens (tertiary/aromatic N) is 3. The zero-order valence-corrected chi connectivity index (χ0v) is 12.0. The van der Waals surface area contributed by atoms with E-state index < -0.39 is 0 Å². The van der Waals surface area contributed by atoms with E-state index in [1.54, 1.807) is 17.7 Å². The molecule has 1 saturated heterocycles. The molecule has 0 aliphatic carbocycles. The zero-order chi connectivity index (χ0) is 13.9. The number of esters is 1. The second-order valence-corrected chi connectivity index (χ2v) is 5.41. The van der Waals surface area contributed by atoms with Crippen molar-refractivity contribution in [2.24, 2.45) is 0 Å². The van der Waals surface area contributed by atoms with Gasteiger partial charge in [0.2, 0.25) is 0 Å². The van der Waals surface area contributed by atoms with Crippen LogP contribution in [0.4, 0.5) is 5.82 Å². The molecule has 0 amide bonds. The molecule has 1 aliphatic rings. The minimum absolute atomic E-state index is 0.206. The topological polar surface area (TPSA) is 67.3 Å². The van der Waals surface area contributed by atoms with E-state index in [1.807, 2.05) is 23.3 Å². The Labute approximate surface area is 120 Å². The molecule has 1 atom stereocenters. The fourth-order valence-corrected chi connectivity index (χ4v) is 3.24. The molecule has 0 spiro atoms. The van der Waals surface area contributed by atoms with Gasteiger partial charge in [-0.15, -0.1) is 11.3 Å². The number of anilines is 1. The van der Waals surface area contributed by atoms with Gasteiger partial charge >= 0.3 is 5.97 Å². The molecule has 0 saturated carbocycles. The van der Waals surface area contributed by atoms with Gasteiger partial charge in [-0.3, -0.25) is 0 Å². The maximum Gasteiger partial charge on any atom is 0.330 e. The Morgan fingerprint density at radius 2 is 2.50 bits per heavy atom. The summed E-state index contributed by atoms with van der Waals surface area (Å²) in [7, 11) is 0. The van der Waals surface area contributed by atoms with Gasteiger partial charge in [-0.1, -0.05) is 0 Å². The molecule has 1 N–H and O–H groups in total. The van der Waals surface area contributed by atoms with Crippen LogP contribution in [0, 0.1) is 0 Å². The second-order valence-electron chi connectivity index (χ2n) is 4.50. The normalized spacial score (nSPS) is 19.2. The Morgan fingerprint density at radius 3 is 3.35 bits per heavy atom. The van der Waals surface area contributed by atoms with Crippen molar-refractivity contribution in [2.45, 2.75) is 13.0 Å². The standard InChI is InChI=1S/C13H16N4O2S/c1-2-19-13(18)10-7-14-4-5-17(10)12-11-9(3-6-20-11)15-8-16-12/h3,6,8,10,14H,2,4-5,7H2,1H3. The van der Waals surface area contributed by atoms with Crippen LogP contribution in [-0.4, -0.2) is 48.2 Å². The van der Waals surface area contributed by atoms with Gasteiger partial charge in [0.1, 0.15) is 12.4 Å². The molecular formula is C13H16N4O2S. The number of piperazine rings is 1. The second kappa shape index (κ2) is 5.72. The third-order valence-corrected chi connectivity index (χ3v) is 4.20. The van der Waals surface area contributed by atoms with Crippen LogP contribution < -0.4 is 10.2 Å². The molecule has 0 radical (unpaired) electrons. The molecule has 20 heavy (non-hydrogen) atoms. The molecule has 0 aromatic carbocycles. The number of thiophene rings is 1. The highest BCUT2D eigenvalue weighted by molar-refractivity contribution is 7.17. The van der Waals surface area contributed by atoms with Crippen molar-refractivity contribution in [3.63, 3.8) is 0 Å². The smallest absolute Gasteiger partial charge is 0.330 e. The largest absolute Gasteiger partial charge is 0.464 e. The highest BCUT2D eigenvalue weighted by Crippen LogP contribution is 2.29. The highest BCUT2D eigenvalue weighted by Gasteiger charge is 2.31. The highest BCUT2D eigenvalue weighted by atomic mass is 32.1. The fraction of sp³-hybridized carbons (Fsp3) is 0.462. The van der Waals surface area contributed by atoms with Gasteiger partial charge in [-0.05, 0) is 18.4 Å². The number of fused-ring (bicyclic) bond motifs is 1. The minimum Gasteiger partial charge on any atom is -0.464 e. The average molecular weight is 292 g/mol. The van der Waals surface area contributed by atoms with Gasteiger partial charge in [0.15, 0.2) is 5.82 Å². The quantitative estimate of drug-likeness (QED) is 0.852. The Bertz CT molecular complexity index is 615. The molecule has 3 heterocycles. The number of hydrogen-bond donors (Lipinski definition) is 1. The van der Waals surface area contributed by atoms with Crippen LogP contribution in [-0.2, 0) is 9.53 Å². The summed E-state index contributed by atoms with van der Waals surface area (Å²) < 4.78 is 6.18. The number of rotatable bonds is 3. The molecule has 6 nitrogen and oxygen atoms in total. The monoisotopic (exact) mass is 292 g/mol. The van der Waals surface area contributed by atoms with Crippen molar-refractivity contribution in [3.05, 3.63) is 17.8 Å². The summed E-state index contributed by atoms with van der Waals surface area (Å²) in [5, 5.41) is 5.22. The van der Waals surface area contributed by atoms with Gasteiger partial charge in [0.25, 0.3) is 0 Å². The maximum absolute atomic E-state index is 12.1. The Balaban J connectivity index is 1.97. The van der Waals surface area contributed by atoms with Crippen molar-refractivity contribution in [1.29, 1.82) is 0 Å². The van der Waals surface area contributed by atoms with Gasteiger partial charge in [0.05, 0.1) is 16.8 Å². The number of carbonyl (C=O) groups excluding carboxylic acids is 1. The fourth-order valence-electron chi connectivity index (χ4n) is 2.39. The maximum atomic E-state index is 12.1. The molecule has 7 heteroatoms. The zero-order valence-electron chi connectivity index (χ0n) is 11.2. The van der Waals surface area contributed by atoms with E-state index in [-0.39, 0.29) is 12.0 Å². The number of hydrogen-bond acceptors (Lipinski definition) is 7. The number of aromatic nitrogens is 2. The molecule has 106 valence electrons. The molecule has 3 rings (SSSR count). The number of nitrogens with one attached hydrogen (secondary N) is 1. The van der Waals surface area contributed by atoms with E-state index in [1.165, 1.54) is 0 Å². The molecule has 1 fully saturated rings. The van der Waals surface area contributed by atoms with Crippen LogP contribution in [0.25, 0.3) is 10.2 Å². The molecule has 1 aliphatic heterocycles. The van der Waals surface area contributed by atoms with Crippen LogP contribution in [0.2, 0.25) is 0 Å². The van der Waals surface area contributed by atoms with E-state index in [0.29, 0.717) is 13.2 Å². The predicted octanol–water partition coefficient (Wildman–Crippen LogP) is 1.03. The van der Waals surface area contributed by atoms with Crippen molar-refractivity contribution in [1.82, 2.24) is 15.3 Å². The summed E-state index contributed by atoms with van der Waals surface area (Å²) in [4.78, 5) is 22.8. The van der Waals surface area contributed by atoms with Crippen LogP contribution in [0.1, 0.15) is 6.92 Å². The Morgan fingerprint density at radius 1 is 1.60 bits per heavy atom. The lowest BCUT2D eigenvalue weighted by Gasteiger charge is -2.35. The molecule has 1 unspecified atom stereocenters. The summed E-state index contributed by atoms with van der Waals surface area (Å²) >= 11 is 1.60. The van der Waals surface area contributed by atoms with Gasteiger partial charge < -0.3 is 15.0 Å². The summed E-state index contributed by atoms with van der Waals surface area (Å²) in [5.41, 5.74) is 0.918. The molecular weight excluding hydrogens is 276 g/mol. The first-order valence-electron chi connectivity index (χ1n) is 6.63. The summed E-state index contributed by atoms with van der Waals surface area (Å²) in [6.07, 6.45) is 1.55. The first-order valence-corrected chi connectivity index (χ1v) is 7.51. The molecule has 0 bridgehead atoms. The van der Waals surface area contributed by atoms with Crippen molar-refractivity contribution in [3.8, 4) is 0 Å². The molecule has 2 aromatic rings. The van der Waals surface area contributed by atoms with Gasteiger partial charge in [-0.2, -0.15) is 0 Å². The average Bonchev–Trinajstić information content (AvgIpc) is 2.96. The van der Waals surface area contributed by atoms with Crippen molar-refractivity contribution >= 4 is 33.3 Å². The first kappa shape index (κ1) is 13.3. The van der Waals surface area contributed by atoms with Crippen LogP contribution >= 0.6 is 11.3 Å².